The number of aliphatic imine (C=N–C) groups is 1. The van der Waals surface area contributed by atoms with E-state index in [0.717, 1.165) is 47.8 Å². The Labute approximate surface area is 139 Å². The van der Waals surface area contributed by atoms with Gasteiger partial charge in [-0.3, -0.25) is 9.79 Å². The molecule has 1 saturated heterocycles. The maximum Gasteiger partial charge on any atom is 0.246 e. The highest BCUT2D eigenvalue weighted by molar-refractivity contribution is 8.14. The van der Waals surface area contributed by atoms with E-state index in [1.165, 1.54) is 0 Å². The van der Waals surface area contributed by atoms with Crippen LogP contribution >= 0.6 is 23.1 Å². The number of hydrogen-bond acceptors (Lipinski definition) is 6. The molecular weight excluding hydrogens is 316 g/mol. The molecule has 0 saturated carbocycles. The highest BCUT2D eigenvalue weighted by Crippen LogP contribution is 2.23. The minimum absolute atomic E-state index is 0.0834. The Bertz CT molecular complexity index is 602. The maximum atomic E-state index is 12.2. The van der Waals surface area contributed by atoms with Gasteiger partial charge in [0.25, 0.3) is 0 Å². The number of thiazole rings is 1. The zero-order valence-electron chi connectivity index (χ0n) is 12.9. The van der Waals surface area contributed by atoms with E-state index in [2.05, 4.69) is 21.8 Å². The summed E-state index contributed by atoms with van der Waals surface area (Å²) >= 11 is 3.44. The number of thioether (sulfide) groups is 1. The first-order valence-electron chi connectivity index (χ1n) is 7.47. The molecule has 0 spiro atoms. The van der Waals surface area contributed by atoms with Crippen molar-refractivity contribution in [3.05, 3.63) is 22.2 Å². The van der Waals surface area contributed by atoms with Crippen LogP contribution in [0.3, 0.4) is 0 Å². The van der Waals surface area contributed by atoms with E-state index in [1.807, 2.05) is 29.7 Å². The van der Waals surface area contributed by atoms with Crippen molar-refractivity contribution in [1.29, 1.82) is 0 Å². The third-order valence-electron chi connectivity index (χ3n) is 3.68. The smallest absolute Gasteiger partial charge is 0.246 e. The average Bonchev–Trinajstić information content (AvgIpc) is 3.13. The van der Waals surface area contributed by atoms with Crippen LogP contribution in [0, 0.1) is 6.92 Å². The van der Waals surface area contributed by atoms with Crippen LogP contribution < -0.4 is 0 Å². The number of carbonyl (C=O) groups is 1. The van der Waals surface area contributed by atoms with Crippen molar-refractivity contribution in [2.24, 2.45) is 4.99 Å². The van der Waals surface area contributed by atoms with Gasteiger partial charge in [-0.15, -0.1) is 11.3 Å². The predicted octanol–water partition coefficient (Wildman–Crippen LogP) is 2.10. The van der Waals surface area contributed by atoms with Gasteiger partial charge < -0.3 is 9.80 Å². The first kappa shape index (κ1) is 15.6. The molecule has 1 atom stereocenters. The molecule has 0 unspecified atom stereocenters. The predicted molar refractivity (Wildman–Crippen MR) is 93.4 cm³/mol. The van der Waals surface area contributed by atoms with Crippen molar-refractivity contribution in [1.82, 2.24) is 14.8 Å². The van der Waals surface area contributed by atoms with Crippen LogP contribution in [0.2, 0.25) is 0 Å². The summed E-state index contributed by atoms with van der Waals surface area (Å²) in [5.74, 6) is 0.0834. The third kappa shape index (κ3) is 3.70. The average molecular weight is 336 g/mol. The van der Waals surface area contributed by atoms with Crippen LogP contribution in [0.15, 0.2) is 17.3 Å². The molecule has 1 aromatic heterocycles. The van der Waals surface area contributed by atoms with E-state index in [9.17, 15) is 4.79 Å². The molecule has 1 amide bonds. The van der Waals surface area contributed by atoms with Gasteiger partial charge in [0, 0.05) is 48.6 Å². The molecule has 5 nitrogen and oxygen atoms in total. The number of amidine groups is 1. The van der Waals surface area contributed by atoms with Crippen LogP contribution in [-0.4, -0.2) is 63.8 Å². The molecule has 0 bridgehead atoms. The minimum Gasteiger partial charge on any atom is -0.348 e. The fraction of sp³-hybridized carbons (Fsp3) is 0.533. The van der Waals surface area contributed by atoms with Crippen molar-refractivity contribution < 1.29 is 4.79 Å². The van der Waals surface area contributed by atoms with Crippen LogP contribution in [0.4, 0.5) is 0 Å². The largest absolute Gasteiger partial charge is 0.348 e. The summed E-state index contributed by atoms with van der Waals surface area (Å²) in [6.45, 7) is 8.35. The number of carbonyl (C=O) groups excluding carboxylic acids is 1. The standard InChI is InChI=1S/C15H20N4OS2/c1-11-9-17-15(21-11)19-7-5-18(6-8-19)14(20)4-3-13-10-16-12(2)22-13/h3-4,10-11H,5-9H2,1-2H3/b4-3+/t11-/m0/s1. The van der Waals surface area contributed by atoms with Crippen molar-refractivity contribution in [2.45, 2.75) is 19.1 Å². The number of aryl methyl sites for hydroxylation is 1. The first-order valence-corrected chi connectivity index (χ1v) is 9.17. The second kappa shape index (κ2) is 6.83. The molecule has 2 aliphatic heterocycles. The summed E-state index contributed by atoms with van der Waals surface area (Å²) in [5, 5.41) is 2.75. The van der Waals surface area contributed by atoms with Crippen LogP contribution in [0.5, 0.6) is 0 Å². The van der Waals surface area contributed by atoms with Gasteiger partial charge in [0.2, 0.25) is 5.91 Å². The van der Waals surface area contributed by atoms with E-state index < -0.39 is 0 Å². The fourth-order valence-electron chi connectivity index (χ4n) is 2.47. The summed E-state index contributed by atoms with van der Waals surface area (Å²) in [6.07, 6.45) is 5.32. The minimum atomic E-state index is 0.0834. The summed E-state index contributed by atoms with van der Waals surface area (Å²) < 4.78 is 0. The lowest BCUT2D eigenvalue weighted by Gasteiger charge is -2.35. The molecule has 2 aliphatic rings. The number of rotatable bonds is 2. The third-order valence-corrected chi connectivity index (χ3v) is 5.71. The molecule has 22 heavy (non-hydrogen) atoms. The molecule has 3 heterocycles. The van der Waals surface area contributed by atoms with Gasteiger partial charge in [-0.1, -0.05) is 18.7 Å². The van der Waals surface area contributed by atoms with Gasteiger partial charge in [-0.2, -0.15) is 0 Å². The molecule has 1 aromatic rings. The van der Waals surface area contributed by atoms with Crippen LogP contribution in [-0.2, 0) is 4.79 Å². The highest BCUT2D eigenvalue weighted by atomic mass is 32.2. The molecule has 0 N–H and O–H groups in total. The zero-order valence-corrected chi connectivity index (χ0v) is 14.5. The SMILES string of the molecule is Cc1ncc(/C=C/C(=O)N2CCN(C3=NC[C@H](C)S3)CC2)s1. The van der Waals surface area contributed by atoms with Crippen LogP contribution in [0.25, 0.3) is 6.08 Å². The van der Waals surface area contributed by atoms with Gasteiger partial charge in [0.05, 0.1) is 11.6 Å². The van der Waals surface area contributed by atoms with Crippen molar-refractivity contribution in [3.8, 4) is 0 Å². The lowest BCUT2D eigenvalue weighted by atomic mass is 10.3. The molecule has 0 radical (unpaired) electrons. The monoisotopic (exact) mass is 336 g/mol. The van der Waals surface area contributed by atoms with E-state index in [1.54, 1.807) is 23.6 Å². The molecule has 7 heteroatoms. The van der Waals surface area contributed by atoms with Crippen molar-refractivity contribution in [3.63, 3.8) is 0 Å². The summed E-state index contributed by atoms with van der Waals surface area (Å²) in [6, 6.07) is 0. The zero-order chi connectivity index (χ0) is 15.5. The summed E-state index contributed by atoms with van der Waals surface area (Å²) in [5.41, 5.74) is 0. The molecule has 0 aromatic carbocycles. The van der Waals surface area contributed by atoms with E-state index >= 15 is 0 Å². The number of hydrogen-bond donors (Lipinski definition) is 0. The second-order valence-electron chi connectivity index (χ2n) is 5.48. The van der Waals surface area contributed by atoms with Crippen molar-refractivity contribution in [2.75, 3.05) is 32.7 Å². The van der Waals surface area contributed by atoms with Crippen LogP contribution in [0.1, 0.15) is 16.8 Å². The maximum absolute atomic E-state index is 12.2. The van der Waals surface area contributed by atoms with E-state index in [0.29, 0.717) is 5.25 Å². The Morgan fingerprint density at radius 1 is 1.36 bits per heavy atom. The highest BCUT2D eigenvalue weighted by Gasteiger charge is 2.25. The fourth-order valence-corrected chi connectivity index (χ4v) is 4.15. The number of nitrogens with zero attached hydrogens (tertiary/aromatic N) is 4. The van der Waals surface area contributed by atoms with E-state index in [4.69, 9.17) is 0 Å². The van der Waals surface area contributed by atoms with Gasteiger partial charge in [-0.05, 0) is 13.0 Å². The lowest BCUT2D eigenvalue weighted by Crippen LogP contribution is -2.49. The number of amides is 1. The number of aromatic nitrogens is 1. The van der Waals surface area contributed by atoms with Gasteiger partial charge in [0.1, 0.15) is 0 Å². The topological polar surface area (TPSA) is 48.8 Å². The van der Waals surface area contributed by atoms with Gasteiger partial charge >= 0.3 is 0 Å². The quantitative estimate of drug-likeness (QED) is 0.776. The summed E-state index contributed by atoms with van der Waals surface area (Å²) in [7, 11) is 0. The lowest BCUT2D eigenvalue weighted by molar-refractivity contribution is -0.127. The van der Waals surface area contributed by atoms with Gasteiger partial charge in [-0.25, -0.2) is 4.98 Å². The Morgan fingerprint density at radius 2 is 2.14 bits per heavy atom. The van der Waals surface area contributed by atoms with E-state index in [-0.39, 0.29) is 5.91 Å². The summed E-state index contributed by atoms with van der Waals surface area (Å²) in [4.78, 5) is 26.2. The van der Waals surface area contributed by atoms with Gasteiger partial charge in [0.15, 0.2) is 5.17 Å². The molecule has 0 aliphatic carbocycles. The Morgan fingerprint density at radius 3 is 2.73 bits per heavy atom. The first-order chi connectivity index (χ1) is 10.6. The molecule has 1 fully saturated rings. The molecule has 118 valence electrons. The normalized spacial score (nSPS) is 22.5. The number of piperazine rings is 1. The molecule has 3 rings (SSSR count). The Balaban J connectivity index is 1.50. The Kier molecular flexibility index (Phi) is 4.83. The second-order valence-corrected chi connectivity index (χ2v) is 8.15. The van der Waals surface area contributed by atoms with Crippen molar-refractivity contribution >= 4 is 40.2 Å². The Hall–Kier alpha value is -1.34. The molecular formula is C15H20N4OS2.